The Bertz CT molecular complexity index is 736. The van der Waals surface area contributed by atoms with Crippen molar-refractivity contribution in [1.29, 1.82) is 5.26 Å². The number of benzene rings is 1. The Morgan fingerprint density at radius 1 is 1.22 bits per heavy atom. The molecule has 0 bridgehead atoms. The molecular formula is C22H30N2O3. The predicted octanol–water partition coefficient (Wildman–Crippen LogP) is 4.25. The molecule has 2 unspecified atom stereocenters. The highest BCUT2D eigenvalue weighted by Gasteiger charge is 2.44. The second kappa shape index (κ2) is 7.80. The van der Waals surface area contributed by atoms with Gasteiger partial charge in [0.2, 0.25) is 5.91 Å². The minimum absolute atomic E-state index is 0.0498. The molecule has 0 radical (unpaired) electrons. The van der Waals surface area contributed by atoms with Crippen molar-refractivity contribution < 1.29 is 14.3 Å². The van der Waals surface area contributed by atoms with Gasteiger partial charge in [-0.15, -0.1) is 0 Å². The van der Waals surface area contributed by atoms with E-state index >= 15 is 0 Å². The normalized spacial score (nSPS) is 28.4. The molecule has 1 aromatic rings. The molecule has 0 aromatic heterocycles. The van der Waals surface area contributed by atoms with Crippen LogP contribution in [0.1, 0.15) is 70.8 Å². The standard InChI is InChI=1S/C22H30N2O3/c1-16(25)24-21(2)11-6-12-22(14-21,15-23)17-9-10-19(26-3)20(13-17)27-18-7-4-5-8-18/h9-10,13,18H,4-8,11-12,14H2,1-3H3,(H,24,25). The van der Waals surface area contributed by atoms with Crippen molar-refractivity contribution in [2.24, 2.45) is 0 Å². The number of nitrogens with one attached hydrogen (secondary N) is 1. The van der Waals surface area contributed by atoms with Crippen molar-refractivity contribution in [1.82, 2.24) is 5.32 Å². The van der Waals surface area contributed by atoms with Gasteiger partial charge < -0.3 is 14.8 Å². The fourth-order valence-electron chi connectivity index (χ4n) is 4.81. The van der Waals surface area contributed by atoms with Crippen LogP contribution in [0.25, 0.3) is 0 Å². The average molecular weight is 370 g/mol. The Morgan fingerprint density at radius 2 is 1.96 bits per heavy atom. The Morgan fingerprint density at radius 3 is 2.59 bits per heavy atom. The van der Waals surface area contributed by atoms with Crippen LogP contribution in [0.5, 0.6) is 11.5 Å². The summed E-state index contributed by atoms with van der Waals surface area (Å²) in [7, 11) is 1.64. The van der Waals surface area contributed by atoms with Crippen molar-refractivity contribution in [2.45, 2.75) is 82.3 Å². The first-order chi connectivity index (χ1) is 12.9. The molecule has 5 nitrogen and oxygen atoms in total. The molecule has 0 saturated heterocycles. The lowest BCUT2D eigenvalue weighted by Gasteiger charge is -2.43. The number of nitriles is 1. The summed E-state index contributed by atoms with van der Waals surface area (Å²) in [6.07, 6.45) is 7.93. The molecule has 1 amide bonds. The third-order valence-electron chi connectivity index (χ3n) is 6.03. The number of hydrogen-bond acceptors (Lipinski definition) is 4. The average Bonchev–Trinajstić information content (AvgIpc) is 3.13. The van der Waals surface area contributed by atoms with Crippen LogP contribution < -0.4 is 14.8 Å². The Balaban J connectivity index is 1.92. The fraction of sp³-hybridized carbons (Fsp3) is 0.636. The fourth-order valence-corrected chi connectivity index (χ4v) is 4.81. The number of methoxy groups -OCH3 is 1. The van der Waals surface area contributed by atoms with Gasteiger partial charge in [0.05, 0.1) is 24.7 Å². The van der Waals surface area contributed by atoms with E-state index < -0.39 is 5.41 Å². The Hall–Kier alpha value is -2.22. The molecule has 0 heterocycles. The maximum Gasteiger partial charge on any atom is 0.217 e. The van der Waals surface area contributed by atoms with Crippen molar-refractivity contribution >= 4 is 5.91 Å². The Kier molecular flexibility index (Phi) is 5.64. The summed E-state index contributed by atoms with van der Waals surface area (Å²) in [5.41, 5.74) is -0.0445. The summed E-state index contributed by atoms with van der Waals surface area (Å²) in [5, 5.41) is 13.2. The Labute approximate surface area is 162 Å². The molecule has 2 saturated carbocycles. The highest BCUT2D eigenvalue weighted by molar-refractivity contribution is 5.73. The van der Waals surface area contributed by atoms with Gasteiger partial charge in [-0.3, -0.25) is 4.79 Å². The zero-order valence-electron chi connectivity index (χ0n) is 16.6. The lowest BCUT2D eigenvalue weighted by atomic mass is 9.64. The number of rotatable bonds is 5. The second-order valence-corrected chi connectivity index (χ2v) is 8.36. The maximum absolute atomic E-state index is 11.7. The van der Waals surface area contributed by atoms with Crippen molar-refractivity contribution in [3.63, 3.8) is 0 Å². The first kappa shape index (κ1) is 19.5. The highest BCUT2D eigenvalue weighted by atomic mass is 16.5. The van der Waals surface area contributed by atoms with Crippen LogP contribution in [0.3, 0.4) is 0 Å². The summed E-state index contributed by atoms with van der Waals surface area (Å²) in [6, 6.07) is 8.44. The van der Waals surface area contributed by atoms with Gasteiger partial charge in [0, 0.05) is 12.5 Å². The molecule has 146 valence electrons. The highest BCUT2D eigenvalue weighted by Crippen LogP contribution is 2.45. The van der Waals surface area contributed by atoms with Crippen LogP contribution in [0, 0.1) is 11.3 Å². The molecule has 2 aliphatic rings. The van der Waals surface area contributed by atoms with Gasteiger partial charge in [-0.25, -0.2) is 0 Å². The van der Waals surface area contributed by atoms with Crippen LogP contribution >= 0.6 is 0 Å². The minimum Gasteiger partial charge on any atom is -0.493 e. The van der Waals surface area contributed by atoms with Crippen molar-refractivity contribution in [2.75, 3.05) is 7.11 Å². The molecule has 1 N–H and O–H groups in total. The summed E-state index contributed by atoms with van der Waals surface area (Å²) in [5.74, 6) is 1.38. The lowest BCUT2D eigenvalue weighted by molar-refractivity contribution is -0.121. The SMILES string of the molecule is COc1ccc(C2(C#N)CCCC(C)(NC(C)=O)C2)cc1OC1CCCC1. The van der Waals surface area contributed by atoms with Gasteiger partial charge in [0.1, 0.15) is 0 Å². The smallest absolute Gasteiger partial charge is 0.217 e. The first-order valence-electron chi connectivity index (χ1n) is 9.95. The molecule has 3 rings (SSSR count). The number of nitrogens with zero attached hydrogens (tertiary/aromatic N) is 1. The van der Waals surface area contributed by atoms with Gasteiger partial charge in [0.25, 0.3) is 0 Å². The van der Waals surface area contributed by atoms with Gasteiger partial charge >= 0.3 is 0 Å². The molecular weight excluding hydrogens is 340 g/mol. The van der Waals surface area contributed by atoms with Gasteiger partial charge in [-0.2, -0.15) is 5.26 Å². The van der Waals surface area contributed by atoms with Crippen LogP contribution in [0.15, 0.2) is 18.2 Å². The third-order valence-corrected chi connectivity index (χ3v) is 6.03. The van der Waals surface area contributed by atoms with Gasteiger partial charge in [-0.05, 0) is 76.0 Å². The van der Waals surface area contributed by atoms with Crippen LogP contribution in [0.4, 0.5) is 0 Å². The van der Waals surface area contributed by atoms with Gasteiger partial charge in [0.15, 0.2) is 11.5 Å². The quantitative estimate of drug-likeness (QED) is 0.841. The van der Waals surface area contributed by atoms with E-state index in [2.05, 4.69) is 11.4 Å². The van der Waals surface area contributed by atoms with E-state index in [0.29, 0.717) is 12.2 Å². The molecule has 2 atom stereocenters. The summed E-state index contributed by atoms with van der Waals surface area (Å²) in [6.45, 7) is 3.58. The summed E-state index contributed by atoms with van der Waals surface area (Å²) in [4.78, 5) is 11.7. The van der Waals surface area contributed by atoms with E-state index in [1.807, 2.05) is 25.1 Å². The number of carbonyl (C=O) groups is 1. The molecule has 0 aliphatic heterocycles. The number of ether oxygens (including phenoxy) is 2. The van der Waals surface area contributed by atoms with E-state index in [4.69, 9.17) is 9.47 Å². The van der Waals surface area contributed by atoms with E-state index in [9.17, 15) is 10.1 Å². The minimum atomic E-state index is -0.629. The monoisotopic (exact) mass is 370 g/mol. The largest absolute Gasteiger partial charge is 0.493 e. The van der Waals surface area contributed by atoms with E-state index in [1.165, 1.54) is 19.8 Å². The van der Waals surface area contributed by atoms with Crippen molar-refractivity contribution in [3.8, 4) is 17.6 Å². The summed E-state index contributed by atoms with van der Waals surface area (Å²) < 4.78 is 11.7. The first-order valence-corrected chi connectivity index (χ1v) is 9.95. The maximum atomic E-state index is 11.7. The molecule has 2 fully saturated rings. The molecule has 5 heteroatoms. The van der Waals surface area contributed by atoms with Gasteiger partial charge in [-0.1, -0.05) is 6.07 Å². The van der Waals surface area contributed by atoms with E-state index in [1.54, 1.807) is 7.11 Å². The zero-order valence-corrected chi connectivity index (χ0v) is 16.6. The summed E-state index contributed by atoms with van der Waals surface area (Å²) >= 11 is 0. The number of hydrogen-bond donors (Lipinski definition) is 1. The number of amides is 1. The van der Waals surface area contributed by atoms with Crippen LogP contribution in [-0.2, 0) is 10.2 Å². The molecule has 2 aliphatic carbocycles. The predicted molar refractivity (Wildman–Crippen MR) is 104 cm³/mol. The van der Waals surface area contributed by atoms with Crippen LogP contribution in [-0.4, -0.2) is 24.7 Å². The zero-order chi connectivity index (χ0) is 19.5. The molecule has 1 aromatic carbocycles. The molecule has 27 heavy (non-hydrogen) atoms. The van der Waals surface area contributed by atoms with Crippen LogP contribution in [0.2, 0.25) is 0 Å². The second-order valence-electron chi connectivity index (χ2n) is 8.36. The number of carbonyl (C=O) groups excluding carboxylic acids is 1. The van der Waals surface area contributed by atoms with E-state index in [0.717, 1.165) is 43.4 Å². The van der Waals surface area contributed by atoms with E-state index in [-0.39, 0.29) is 17.6 Å². The molecule has 0 spiro atoms. The lowest BCUT2D eigenvalue weighted by Crippen LogP contribution is -2.52. The topological polar surface area (TPSA) is 71.3 Å². The van der Waals surface area contributed by atoms with Crippen molar-refractivity contribution in [3.05, 3.63) is 23.8 Å². The third kappa shape index (κ3) is 4.21.